The molecule has 0 aliphatic carbocycles. The predicted octanol–water partition coefficient (Wildman–Crippen LogP) is 1.58. The number of carbonyl (C=O) groups is 1. The van der Waals surface area contributed by atoms with Gasteiger partial charge in [-0.1, -0.05) is 17.3 Å². The highest BCUT2D eigenvalue weighted by Gasteiger charge is 2.07. The van der Waals surface area contributed by atoms with Crippen LogP contribution < -0.4 is 15.8 Å². The van der Waals surface area contributed by atoms with Crippen molar-refractivity contribution in [2.24, 2.45) is 0 Å². The lowest BCUT2D eigenvalue weighted by Crippen LogP contribution is -2.20. The van der Waals surface area contributed by atoms with Gasteiger partial charge in [0.05, 0.1) is 5.69 Å². The summed E-state index contributed by atoms with van der Waals surface area (Å²) < 4.78 is 10.1. The number of amides is 1. The molecule has 0 atom stereocenters. The SMILES string of the molecule is Cc1cc(NC(=O)COc2ccccc2N)no1. The molecule has 94 valence electrons. The predicted molar refractivity (Wildman–Crippen MR) is 66.2 cm³/mol. The zero-order chi connectivity index (χ0) is 13.0. The van der Waals surface area contributed by atoms with Crippen LogP contribution in [0.5, 0.6) is 5.75 Å². The lowest BCUT2D eigenvalue weighted by atomic mass is 10.3. The third-order valence-corrected chi connectivity index (χ3v) is 2.17. The molecule has 18 heavy (non-hydrogen) atoms. The second kappa shape index (κ2) is 5.22. The number of anilines is 2. The topological polar surface area (TPSA) is 90.4 Å². The fourth-order valence-electron chi connectivity index (χ4n) is 1.36. The smallest absolute Gasteiger partial charge is 0.263 e. The van der Waals surface area contributed by atoms with Crippen LogP contribution in [0, 0.1) is 6.92 Å². The third-order valence-electron chi connectivity index (χ3n) is 2.17. The molecule has 0 bridgehead atoms. The van der Waals surface area contributed by atoms with Crippen LogP contribution in [0.25, 0.3) is 0 Å². The van der Waals surface area contributed by atoms with E-state index >= 15 is 0 Å². The minimum atomic E-state index is -0.327. The van der Waals surface area contributed by atoms with Gasteiger partial charge in [0.15, 0.2) is 12.4 Å². The van der Waals surface area contributed by atoms with Crippen LogP contribution in [-0.2, 0) is 4.79 Å². The molecule has 6 heteroatoms. The van der Waals surface area contributed by atoms with Crippen molar-refractivity contribution >= 4 is 17.4 Å². The van der Waals surface area contributed by atoms with Crippen LogP contribution in [0.3, 0.4) is 0 Å². The molecule has 0 fully saturated rings. The third kappa shape index (κ3) is 3.00. The van der Waals surface area contributed by atoms with E-state index in [0.717, 1.165) is 0 Å². The van der Waals surface area contributed by atoms with E-state index in [1.165, 1.54) is 0 Å². The van der Waals surface area contributed by atoms with Crippen LogP contribution in [-0.4, -0.2) is 17.7 Å². The van der Waals surface area contributed by atoms with Gasteiger partial charge < -0.3 is 20.3 Å². The van der Waals surface area contributed by atoms with E-state index in [1.54, 1.807) is 37.3 Å². The van der Waals surface area contributed by atoms with Crippen molar-refractivity contribution in [3.63, 3.8) is 0 Å². The first-order valence-corrected chi connectivity index (χ1v) is 5.35. The van der Waals surface area contributed by atoms with Crippen LogP contribution in [0.1, 0.15) is 5.76 Å². The number of nitrogens with one attached hydrogen (secondary N) is 1. The van der Waals surface area contributed by atoms with Gasteiger partial charge in [0.1, 0.15) is 11.5 Å². The molecular weight excluding hydrogens is 234 g/mol. The zero-order valence-electron chi connectivity index (χ0n) is 9.84. The van der Waals surface area contributed by atoms with Gasteiger partial charge in [-0.05, 0) is 19.1 Å². The van der Waals surface area contributed by atoms with Gasteiger partial charge in [-0.3, -0.25) is 4.79 Å². The Morgan fingerprint density at radius 2 is 2.28 bits per heavy atom. The molecule has 1 aromatic heterocycles. The van der Waals surface area contributed by atoms with E-state index in [2.05, 4.69) is 10.5 Å². The Hall–Kier alpha value is -2.50. The maximum atomic E-state index is 11.5. The van der Waals surface area contributed by atoms with Crippen LogP contribution in [0.2, 0.25) is 0 Å². The maximum absolute atomic E-state index is 11.5. The van der Waals surface area contributed by atoms with Gasteiger partial charge in [0.25, 0.3) is 5.91 Å². The van der Waals surface area contributed by atoms with E-state index in [-0.39, 0.29) is 12.5 Å². The fraction of sp³-hybridized carbons (Fsp3) is 0.167. The molecule has 1 amide bonds. The number of ether oxygens (including phenoxy) is 1. The molecular formula is C12H13N3O3. The average molecular weight is 247 g/mol. The maximum Gasteiger partial charge on any atom is 0.263 e. The highest BCUT2D eigenvalue weighted by atomic mass is 16.5. The van der Waals surface area contributed by atoms with Crippen molar-refractivity contribution < 1.29 is 14.1 Å². The minimum Gasteiger partial charge on any atom is -0.482 e. The van der Waals surface area contributed by atoms with E-state index in [0.29, 0.717) is 23.0 Å². The summed E-state index contributed by atoms with van der Waals surface area (Å²) in [5.74, 6) is 1.14. The molecule has 0 spiro atoms. The van der Waals surface area contributed by atoms with E-state index < -0.39 is 0 Å². The summed E-state index contributed by atoms with van der Waals surface area (Å²) >= 11 is 0. The van der Waals surface area contributed by atoms with Gasteiger partial charge in [-0.25, -0.2) is 0 Å². The number of rotatable bonds is 4. The highest BCUT2D eigenvalue weighted by molar-refractivity contribution is 5.90. The second-order valence-electron chi connectivity index (χ2n) is 3.70. The van der Waals surface area contributed by atoms with E-state index in [1.807, 2.05) is 0 Å². The Bertz CT molecular complexity index is 551. The minimum absolute atomic E-state index is 0.139. The van der Waals surface area contributed by atoms with Gasteiger partial charge >= 0.3 is 0 Å². The molecule has 0 aliphatic heterocycles. The summed E-state index contributed by atoms with van der Waals surface area (Å²) in [5.41, 5.74) is 6.17. The van der Waals surface area contributed by atoms with Crippen molar-refractivity contribution in [1.82, 2.24) is 5.16 Å². The molecule has 6 nitrogen and oxygen atoms in total. The first kappa shape index (κ1) is 12.0. The standard InChI is InChI=1S/C12H13N3O3/c1-8-6-11(15-18-8)14-12(16)7-17-10-5-3-2-4-9(10)13/h2-6H,7,13H2,1H3,(H,14,15,16). The fourth-order valence-corrected chi connectivity index (χ4v) is 1.36. The number of nitrogens with zero attached hydrogens (tertiary/aromatic N) is 1. The Kier molecular flexibility index (Phi) is 3.47. The molecule has 0 unspecified atom stereocenters. The number of para-hydroxylation sites is 2. The Labute approximate surface area is 104 Å². The lowest BCUT2D eigenvalue weighted by Gasteiger charge is -2.07. The van der Waals surface area contributed by atoms with Crippen molar-refractivity contribution in [3.8, 4) is 5.75 Å². The number of hydrogen-bond acceptors (Lipinski definition) is 5. The number of benzene rings is 1. The molecule has 0 saturated carbocycles. The van der Waals surface area contributed by atoms with Crippen LogP contribution >= 0.6 is 0 Å². The number of hydrogen-bond donors (Lipinski definition) is 2. The number of aromatic nitrogens is 1. The summed E-state index contributed by atoms with van der Waals surface area (Å²) in [6.45, 7) is 1.60. The number of nitrogens with two attached hydrogens (primary N) is 1. The van der Waals surface area contributed by atoms with Gasteiger partial charge in [-0.2, -0.15) is 0 Å². The van der Waals surface area contributed by atoms with Crippen molar-refractivity contribution in [2.45, 2.75) is 6.92 Å². The second-order valence-corrected chi connectivity index (χ2v) is 3.70. The van der Waals surface area contributed by atoms with E-state index in [9.17, 15) is 4.79 Å². The normalized spacial score (nSPS) is 10.1. The van der Waals surface area contributed by atoms with E-state index in [4.69, 9.17) is 15.0 Å². The number of nitrogen functional groups attached to an aromatic ring is 1. The summed E-state index contributed by atoms with van der Waals surface area (Å²) in [6, 6.07) is 8.59. The lowest BCUT2D eigenvalue weighted by molar-refractivity contribution is -0.118. The molecule has 2 rings (SSSR count). The summed E-state index contributed by atoms with van der Waals surface area (Å²) in [4.78, 5) is 11.5. The van der Waals surface area contributed by atoms with Crippen molar-refractivity contribution in [3.05, 3.63) is 36.1 Å². The Balaban J connectivity index is 1.87. The quantitative estimate of drug-likeness (QED) is 0.800. The van der Waals surface area contributed by atoms with Gasteiger partial charge in [0, 0.05) is 6.07 Å². The van der Waals surface area contributed by atoms with Gasteiger partial charge in [0.2, 0.25) is 0 Å². The molecule has 2 aromatic rings. The van der Waals surface area contributed by atoms with Crippen LogP contribution in [0.4, 0.5) is 11.5 Å². The molecule has 1 heterocycles. The molecule has 3 N–H and O–H groups in total. The highest BCUT2D eigenvalue weighted by Crippen LogP contribution is 2.19. The molecule has 0 saturated heterocycles. The average Bonchev–Trinajstić information content (AvgIpc) is 2.74. The molecule has 0 radical (unpaired) electrons. The first-order chi connectivity index (χ1) is 8.65. The molecule has 1 aromatic carbocycles. The Morgan fingerprint density at radius 3 is 2.94 bits per heavy atom. The van der Waals surface area contributed by atoms with Crippen molar-refractivity contribution in [2.75, 3.05) is 17.7 Å². The first-order valence-electron chi connectivity index (χ1n) is 5.35. The summed E-state index contributed by atoms with van der Waals surface area (Å²) in [7, 11) is 0. The van der Waals surface area contributed by atoms with Crippen LogP contribution in [0.15, 0.2) is 34.9 Å². The number of carbonyl (C=O) groups excluding carboxylic acids is 1. The summed E-state index contributed by atoms with van der Waals surface area (Å²) in [5, 5.41) is 6.18. The Morgan fingerprint density at radius 1 is 1.50 bits per heavy atom. The summed E-state index contributed by atoms with van der Waals surface area (Å²) in [6.07, 6.45) is 0. The largest absolute Gasteiger partial charge is 0.482 e. The number of aryl methyl sites for hydroxylation is 1. The zero-order valence-corrected chi connectivity index (χ0v) is 9.84. The van der Waals surface area contributed by atoms with Gasteiger partial charge in [-0.15, -0.1) is 0 Å². The monoisotopic (exact) mass is 247 g/mol. The molecule has 0 aliphatic rings. The van der Waals surface area contributed by atoms with Crippen molar-refractivity contribution in [1.29, 1.82) is 0 Å².